The zero-order valence-corrected chi connectivity index (χ0v) is 18.2. The second-order valence-corrected chi connectivity index (χ2v) is 10.1. The fourth-order valence-corrected chi connectivity index (χ4v) is 5.78. The van der Waals surface area contributed by atoms with E-state index in [4.69, 9.17) is 4.42 Å². The van der Waals surface area contributed by atoms with Crippen molar-refractivity contribution in [2.75, 3.05) is 13.1 Å². The SMILES string of the molecule is O=C(c1ccc(S(=O)(=O)N2CCCCC2)cc1)N(Cc1ccsc1)Cc1ccco1. The van der Waals surface area contributed by atoms with Crippen molar-refractivity contribution in [3.05, 3.63) is 76.4 Å². The summed E-state index contributed by atoms with van der Waals surface area (Å²) in [5.41, 5.74) is 1.50. The molecule has 0 unspecified atom stereocenters. The first-order valence-corrected chi connectivity index (χ1v) is 12.4. The minimum Gasteiger partial charge on any atom is -0.467 e. The van der Waals surface area contributed by atoms with Crippen LogP contribution >= 0.6 is 11.3 Å². The Morgan fingerprint density at radius 2 is 1.80 bits per heavy atom. The van der Waals surface area contributed by atoms with Crippen molar-refractivity contribution in [2.45, 2.75) is 37.2 Å². The minimum absolute atomic E-state index is 0.167. The number of furan rings is 1. The fraction of sp³-hybridized carbons (Fsp3) is 0.318. The Labute approximate surface area is 180 Å². The quantitative estimate of drug-likeness (QED) is 0.543. The van der Waals surface area contributed by atoms with Gasteiger partial charge in [0.05, 0.1) is 17.7 Å². The third-order valence-electron chi connectivity index (χ3n) is 5.22. The van der Waals surface area contributed by atoms with E-state index < -0.39 is 10.0 Å². The van der Waals surface area contributed by atoms with E-state index in [0.29, 0.717) is 37.5 Å². The van der Waals surface area contributed by atoms with Gasteiger partial charge in [-0.2, -0.15) is 15.6 Å². The van der Waals surface area contributed by atoms with E-state index >= 15 is 0 Å². The van der Waals surface area contributed by atoms with Crippen LogP contribution in [-0.2, 0) is 23.1 Å². The molecular formula is C22H24N2O4S2. The normalized spacial score (nSPS) is 15.2. The number of carbonyl (C=O) groups excluding carboxylic acids is 1. The van der Waals surface area contributed by atoms with Gasteiger partial charge >= 0.3 is 0 Å². The number of benzene rings is 1. The topological polar surface area (TPSA) is 70.8 Å². The number of rotatable bonds is 7. The summed E-state index contributed by atoms with van der Waals surface area (Å²) >= 11 is 1.58. The summed E-state index contributed by atoms with van der Waals surface area (Å²) in [6, 6.07) is 11.9. The Morgan fingerprint density at radius 1 is 1.03 bits per heavy atom. The maximum Gasteiger partial charge on any atom is 0.254 e. The lowest BCUT2D eigenvalue weighted by molar-refractivity contribution is 0.0718. The van der Waals surface area contributed by atoms with Gasteiger partial charge in [-0.15, -0.1) is 0 Å². The van der Waals surface area contributed by atoms with Gasteiger partial charge in [0.2, 0.25) is 10.0 Å². The lowest BCUT2D eigenvalue weighted by Crippen LogP contribution is -2.35. The molecule has 1 saturated heterocycles. The number of piperidine rings is 1. The van der Waals surface area contributed by atoms with Gasteiger partial charge in [0.25, 0.3) is 5.91 Å². The van der Waals surface area contributed by atoms with Gasteiger partial charge in [0.15, 0.2) is 0 Å². The van der Waals surface area contributed by atoms with Crippen molar-refractivity contribution in [3.63, 3.8) is 0 Å². The average molecular weight is 445 g/mol. The number of thiophene rings is 1. The summed E-state index contributed by atoms with van der Waals surface area (Å²) < 4.78 is 32.6. The summed E-state index contributed by atoms with van der Waals surface area (Å²) in [6.45, 7) is 1.91. The summed E-state index contributed by atoms with van der Waals surface area (Å²) in [5, 5.41) is 3.99. The van der Waals surface area contributed by atoms with Crippen molar-refractivity contribution in [3.8, 4) is 0 Å². The maximum atomic E-state index is 13.2. The third kappa shape index (κ3) is 4.66. The number of amides is 1. The minimum atomic E-state index is -3.51. The molecule has 0 spiro atoms. The van der Waals surface area contributed by atoms with Crippen LogP contribution in [0.4, 0.5) is 0 Å². The Kier molecular flexibility index (Phi) is 6.36. The van der Waals surface area contributed by atoms with Crippen LogP contribution in [0.2, 0.25) is 0 Å². The molecule has 1 fully saturated rings. The van der Waals surface area contributed by atoms with Gasteiger partial charge in [0, 0.05) is 25.2 Å². The van der Waals surface area contributed by atoms with Crippen LogP contribution in [0.5, 0.6) is 0 Å². The Balaban J connectivity index is 1.54. The number of sulfonamides is 1. The highest BCUT2D eigenvalue weighted by Crippen LogP contribution is 2.22. The van der Waals surface area contributed by atoms with Crippen LogP contribution in [0.3, 0.4) is 0 Å². The number of hydrogen-bond donors (Lipinski definition) is 0. The first-order chi connectivity index (χ1) is 14.5. The van der Waals surface area contributed by atoms with Crippen LogP contribution in [-0.4, -0.2) is 36.6 Å². The molecule has 0 radical (unpaired) electrons. The zero-order chi connectivity index (χ0) is 21.0. The second-order valence-electron chi connectivity index (χ2n) is 7.36. The van der Waals surface area contributed by atoms with Gasteiger partial charge < -0.3 is 9.32 Å². The predicted molar refractivity (Wildman–Crippen MR) is 116 cm³/mol. The van der Waals surface area contributed by atoms with E-state index in [1.807, 2.05) is 22.9 Å². The van der Waals surface area contributed by atoms with Gasteiger partial charge in [-0.25, -0.2) is 8.42 Å². The Bertz CT molecular complexity index is 1020. The maximum absolute atomic E-state index is 13.2. The van der Waals surface area contributed by atoms with Gasteiger partial charge in [0.1, 0.15) is 5.76 Å². The molecule has 3 aromatic rings. The summed E-state index contributed by atoms with van der Waals surface area (Å²) in [4.78, 5) is 15.1. The second kappa shape index (κ2) is 9.16. The van der Waals surface area contributed by atoms with E-state index in [9.17, 15) is 13.2 Å². The number of carbonyl (C=O) groups is 1. The number of hydrogen-bond acceptors (Lipinski definition) is 5. The van der Waals surface area contributed by atoms with Crippen LogP contribution in [0.1, 0.15) is 40.9 Å². The molecule has 0 saturated carbocycles. The molecule has 2 aromatic heterocycles. The van der Waals surface area contributed by atoms with Gasteiger partial charge in [-0.05, 0) is 71.6 Å². The molecule has 30 heavy (non-hydrogen) atoms. The first-order valence-electron chi connectivity index (χ1n) is 9.97. The van der Waals surface area contributed by atoms with Crippen LogP contribution in [0, 0.1) is 0 Å². The first kappa shape index (κ1) is 20.8. The third-order valence-corrected chi connectivity index (χ3v) is 7.87. The molecule has 6 nitrogen and oxygen atoms in total. The lowest BCUT2D eigenvalue weighted by Gasteiger charge is -2.26. The summed E-state index contributed by atoms with van der Waals surface area (Å²) in [5.74, 6) is 0.530. The molecule has 1 aromatic carbocycles. The highest BCUT2D eigenvalue weighted by molar-refractivity contribution is 7.89. The van der Waals surface area contributed by atoms with E-state index in [1.54, 1.807) is 40.7 Å². The van der Waals surface area contributed by atoms with E-state index in [0.717, 1.165) is 24.8 Å². The van der Waals surface area contributed by atoms with Crippen LogP contribution < -0.4 is 0 Å². The molecule has 1 amide bonds. The van der Waals surface area contributed by atoms with Crippen molar-refractivity contribution in [1.82, 2.24) is 9.21 Å². The van der Waals surface area contributed by atoms with Crippen molar-refractivity contribution < 1.29 is 17.6 Å². The molecule has 0 aliphatic carbocycles. The van der Waals surface area contributed by atoms with Crippen molar-refractivity contribution in [1.29, 1.82) is 0 Å². The van der Waals surface area contributed by atoms with E-state index in [2.05, 4.69) is 0 Å². The average Bonchev–Trinajstić information content (AvgIpc) is 3.48. The molecule has 0 bridgehead atoms. The molecule has 0 N–H and O–H groups in total. The zero-order valence-electron chi connectivity index (χ0n) is 16.6. The van der Waals surface area contributed by atoms with Gasteiger partial charge in [-0.1, -0.05) is 6.42 Å². The molecule has 1 aliphatic heterocycles. The smallest absolute Gasteiger partial charge is 0.254 e. The molecular weight excluding hydrogens is 420 g/mol. The predicted octanol–water partition coefficient (Wildman–Crippen LogP) is 4.36. The summed E-state index contributed by atoms with van der Waals surface area (Å²) in [7, 11) is -3.51. The van der Waals surface area contributed by atoms with Crippen LogP contribution in [0.25, 0.3) is 0 Å². The molecule has 8 heteroatoms. The van der Waals surface area contributed by atoms with Crippen LogP contribution in [0.15, 0.2) is 68.8 Å². The fourth-order valence-electron chi connectivity index (χ4n) is 3.60. The monoisotopic (exact) mass is 444 g/mol. The highest BCUT2D eigenvalue weighted by Gasteiger charge is 2.26. The Hall–Kier alpha value is -2.42. The summed E-state index contributed by atoms with van der Waals surface area (Å²) in [6.07, 6.45) is 4.43. The van der Waals surface area contributed by atoms with E-state index in [-0.39, 0.29) is 10.8 Å². The molecule has 0 atom stereocenters. The standard InChI is InChI=1S/C22H24N2O4S2/c25-22(23(15-18-10-14-29-17-18)16-20-5-4-13-28-20)19-6-8-21(9-7-19)30(26,27)24-11-2-1-3-12-24/h4-10,13-14,17H,1-3,11-12,15-16H2. The molecule has 158 valence electrons. The lowest BCUT2D eigenvalue weighted by atomic mass is 10.2. The van der Waals surface area contributed by atoms with Crippen molar-refractivity contribution >= 4 is 27.3 Å². The highest BCUT2D eigenvalue weighted by atomic mass is 32.2. The van der Waals surface area contributed by atoms with Crippen molar-refractivity contribution in [2.24, 2.45) is 0 Å². The largest absolute Gasteiger partial charge is 0.467 e. The molecule has 3 heterocycles. The van der Waals surface area contributed by atoms with Gasteiger partial charge in [-0.3, -0.25) is 4.79 Å². The van der Waals surface area contributed by atoms with E-state index in [1.165, 1.54) is 16.4 Å². The molecule has 1 aliphatic rings. The Morgan fingerprint density at radius 3 is 2.43 bits per heavy atom. The molecule has 4 rings (SSSR count). The number of nitrogens with zero attached hydrogens (tertiary/aromatic N) is 2.